The summed E-state index contributed by atoms with van der Waals surface area (Å²) >= 11 is 0. The molecule has 3 rings (SSSR count). The van der Waals surface area contributed by atoms with Crippen molar-refractivity contribution < 1.29 is 5.11 Å². The van der Waals surface area contributed by atoms with Gasteiger partial charge in [0, 0.05) is 17.8 Å². The molecule has 2 aliphatic rings. The first-order chi connectivity index (χ1) is 8.84. The lowest BCUT2D eigenvalue weighted by Crippen LogP contribution is -2.25. The largest absolute Gasteiger partial charge is 0.392 e. The molecule has 0 aliphatic heterocycles. The number of pyridine rings is 1. The van der Waals surface area contributed by atoms with Gasteiger partial charge in [0.2, 0.25) is 0 Å². The van der Waals surface area contributed by atoms with E-state index in [1.807, 2.05) is 12.3 Å². The minimum atomic E-state index is -0.179. The van der Waals surface area contributed by atoms with E-state index in [-0.39, 0.29) is 12.0 Å². The van der Waals surface area contributed by atoms with Crippen LogP contribution in [0.2, 0.25) is 0 Å². The average Bonchev–Trinajstić information content (AvgIpc) is 2.91. The average molecular weight is 245 g/mol. The number of hydrogen-bond acceptors (Lipinski definition) is 2. The first-order valence-corrected chi connectivity index (χ1v) is 7.46. The number of aryl methyl sites for hydroxylation is 1. The van der Waals surface area contributed by atoms with Crippen molar-refractivity contribution in [3.63, 3.8) is 0 Å². The summed E-state index contributed by atoms with van der Waals surface area (Å²) in [6, 6.07) is 4.20. The van der Waals surface area contributed by atoms with E-state index in [1.54, 1.807) is 0 Å². The van der Waals surface area contributed by atoms with Crippen LogP contribution in [0.5, 0.6) is 0 Å². The van der Waals surface area contributed by atoms with Crippen LogP contribution in [-0.2, 0) is 6.42 Å². The second-order valence-corrected chi connectivity index (χ2v) is 6.00. The highest BCUT2D eigenvalue weighted by atomic mass is 16.3. The van der Waals surface area contributed by atoms with Crippen molar-refractivity contribution in [2.75, 3.05) is 0 Å². The third-order valence-electron chi connectivity index (χ3n) is 4.75. The van der Waals surface area contributed by atoms with Gasteiger partial charge in [-0.2, -0.15) is 0 Å². The summed E-state index contributed by atoms with van der Waals surface area (Å²) < 4.78 is 0. The number of fused-ring (bicyclic) bond motifs is 1. The Balaban J connectivity index is 1.72. The summed E-state index contributed by atoms with van der Waals surface area (Å²) in [5, 5.41) is 10.5. The molecule has 18 heavy (non-hydrogen) atoms. The van der Waals surface area contributed by atoms with Crippen molar-refractivity contribution in [2.24, 2.45) is 5.92 Å². The number of rotatable bonds is 3. The second kappa shape index (κ2) is 5.40. The molecule has 1 heterocycles. The zero-order valence-corrected chi connectivity index (χ0v) is 11.0. The maximum Gasteiger partial charge on any atom is 0.0626 e. The Hall–Kier alpha value is -0.890. The predicted octanol–water partition coefficient (Wildman–Crippen LogP) is 3.44. The fourth-order valence-corrected chi connectivity index (χ4v) is 3.77. The van der Waals surface area contributed by atoms with Gasteiger partial charge in [-0.05, 0) is 43.2 Å². The zero-order valence-electron chi connectivity index (χ0n) is 11.0. The molecule has 1 aromatic rings. The number of aliphatic hydroxyl groups excluding tert-OH is 1. The van der Waals surface area contributed by atoms with E-state index in [9.17, 15) is 5.11 Å². The Labute approximate surface area is 109 Å². The zero-order chi connectivity index (χ0) is 12.4. The highest BCUT2D eigenvalue weighted by Crippen LogP contribution is 2.37. The van der Waals surface area contributed by atoms with Gasteiger partial charge in [-0.1, -0.05) is 31.7 Å². The molecule has 2 nitrogen and oxygen atoms in total. The van der Waals surface area contributed by atoms with Crippen LogP contribution in [0.3, 0.4) is 0 Å². The van der Waals surface area contributed by atoms with Crippen molar-refractivity contribution in [3.8, 4) is 0 Å². The molecule has 0 bridgehead atoms. The lowest BCUT2D eigenvalue weighted by atomic mass is 9.80. The lowest BCUT2D eigenvalue weighted by Gasteiger charge is -2.29. The van der Waals surface area contributed by atoms with Gasteiger partial charge in [0.1, 0.15) is 0 Å². The highest BCUT2D eigenvalue weighted by molar-refractivity contribution is 5.26. The van der Waals surface area contributed by atoms with Gasteiger partial charge in [0.25, 0.3) is 0 Å². The second-order valence-electron chi connectivity index (χ2n) is 6.00. The van der Waals surface area contributed by atoms with Gasteiger partial charge in [0.15, 0.2) is 0 Å². The first kappa shape index (κ1) is 12.2. The van der Waals surface area contributed by atoms with Crippen molar-refractivity contribution in [1.29, 1.82) is 0 Å². The van der Waals surface area contributed by atoms with Crippen LogP contribution in [0.4, 0.5) is 0 Å². The van der Waals surface area contributed by atoms with E-state index >= 15 is 0 Å². The molecule has 98 valence electrons. The van der Waals surface area contributed by atoms with Crippen LogP contribution in [0, 0.1) is 5.92 Å². The SMILES string of the molecule is OC(CC1CCCC1)C1CCCc2cccnc21. The fourth-order valence-electron chi connectivity index (χ4n) is 3.77. The minimum absolute atomic E-state index is 0.179. The normalized spacial score (nSPS) is 25.9. The van der Waals surface area contributed by atoms with Gasteiger partial charge in [-0.25, -0.2) is 0 Å². The van der Waals surface area contributed by atoms with Crippen LogP contribution in [0.1, 0.15) is 62.1 Å². The molecule has 2 heteroatoms. The van der Waals surface area contributed by atoms with Crippen molar-refractivity contribution in [1.82, 2.24) is 4.98 Å². The monoisotopic (exact) mass is 245 g/mol. The van der Waals surface area contributed by atoms with Gasteiger partial charge < -0.3 is 5.11 Å². The third kappa shape index (κ3) is 2.44. The standard InChI is InChI=1S/C16H23NO/c18-15(11-12-5-1-2-6-12)14-9-3-7-13-8-4-10-17-16(13)14/h4,8,10,12,14-15,18H,1-3,5-7,9,11H2. The van der Waals surface area contributed by atoms with E-state index in [0.717, 1.165) is 25.2 Å². The summed E-state index contributed by atoms with van der Waals surface area (Å²) in [6.45, 7) is 0. The molecule has 0 aromatic carbocycles. The molecule has 2 aliphatic carbocycles. The van der Waals surface area contributed by atoms with E-state index < -0.39 is 0 Å². The molecule has 0 radical (unpaired) electrons. The smallest absolute Gasteiger partial charge is 0.0626 e. The van der Waals surface area contributed by atoms with Crippen molar-refractivity contribution >= 4 is 0 Å². The summed E-state index contributed by atoms with van der Waals surface area (Å²) in [6.07, 6.45) is 11.5. The molecule has 2 atom stereocenters. The molecular formula is C16H23NO. The molecule has 1 aromatic heterocycles. The van der Waals surface area contributed by atoms with Crippen molar-refractivity contribution in [3.05, 3.63) is 29.6 Å². The molecule has 1 saturated carbocycles. The van der Waals surface area contributed by atoms with Gasteiger partial charge in [-0.15, -0.1) is 0 Å². The van der Waals surface area contributed by atoms with E-state index in [4.69, 9.17) is 0 Å². The Morgan fingerprint density at radius 1 is 1.22 bits per heavy atom. The van der Waals surface area contributed by atoms with E-state index in [2.05, 4.69) is 11.1 Å². The quantitative estimate of drug-likeness (QED) is 0.885. The molecule has 0 spiro atoms. The fraction of sp³-hybridized carbons (Fsp3) is 0.688. The number of aliphatic hydroxyl groups is 1. The van der Waals surface area contributed by atoms with Gasteiger partial charge >= 0.3 is 0 Å². The Morgan fingerprint density at radius 3 is 2.89 bits per heavy atom. The lowest BCUT2D eigenvalue weighted by molar-refractivity contribution is 0.105. The van der Waals surface area contributed by atoms with E-state index in [0.29, 0.717) is 0 Å². The van der Waals surface area contributed by atoms with Crippen molar-refractivity contribution in [2.45, 2.75) is 63.4 Å². The molecule has 0 saturated heterocycles. The minimum Gasteiger partial charge on any atom is -0.392 e. The highest BCUT2D eigenvalue weighted by Gasteiger charge is 2.30. The van der Waals surface area contributed by atoms with E-state index in [1.165, 1.54) is 43.4 Å². The Bertz CT molecular complexity index is 398. The van der Waals surface area contributed by atoms with Crippen LogP contribution >= 0.6 is 0 Å². The summed E-state index contributed by atoms with van der Waals surface area (Å²) in [5.74, 6) is 1.05. The molecule has 1 fully saturated rings. The predicted molar refractivity (Wildman–Crippen MR) is 72.5 cm³/mol. The summed E-state index contributed by atoms with van der Waals surface area (Å²) in [4.78, 5) is 4.54. The number of hydrogen-bond donors (Lipinski definition) is 1. The first-order valence-electron chi connectivity index (χ1n) is 7.46. The molecule has 2 unspecified atom stereocenters. The van der Waals surface area contributed by atoms with Crippen LogP contribution in [-0.4, -0.2) is 16.2 Å². The van der Waals surface area contributed by atoms with Gasteiger partial charge in [-0.3, -0.25) is 4.98 Å². The summed E-state index contributed by atoms with van der Waals surface area (Å²) in [7, 11) is 0. The Morgan fingerprint density at radius 2 is 2.06 bits per heavy atom. The molecular weight excluding hydrogens is 222 g/mol. The number of aromatic nitrogens is 1. The van der Waals surface area contributed by atoms with Crippen LogP contribution in [0.25, 0.3) is 0 Å². The number of nitrogens with zero attached hydrogens (tertiary/aromatic N) is 1. The topological polar surface area (TPSA) is 33.1 Å². The Kier molecular flexibility index (Phi) is 3.64. The summed E-state index contributed by atoms with van der Waals surface area (Å²) in [5.41, 5.74) is 2.54. The maximum absolute atomic E-state index is 10.5. The molecule has 1 N–H and O–H groups in total. The van der Waals surface area contributed by atoms with Crippen LogP contribution < -0.4 is 0 Å². The molecule has 0 amide bonds. The maximum atomic E-state index is 10.5. The van der Waals surface area contributed by atoms with Crippen LogP contribution in [0.15, 0.2) is 18.3 Å². The van der Waals surface area contributed by atoms with Gasteiger partial charge in [0.05, 0.1) is 6.10 Å². The third-order valence-corrected chi connectivity index (χ3v) is 4.75.